The number of hydrogen-bond donors (Lipinski definition) is 1. The van der Waals surface area contributed by atoms with Crippen LogP contribution in [0.3, 0.4) is 0 Å². The van der Waals surface area contributed by atoms with Crippen molar-refractivity contribution >= 4 is 39.7 Å². The van der Waals surface area contributed by atoms with E-state index in [4.69, 9.17) is 35.3 Å². The van der Waals surface area contributed by atoms with Crippen molar-refractivity contribution < 1.29 is 28.5 Å². The second-order valence-corrected chi connectivity index (χ2v) is 8.29. The van der Waals surface area contributed by atoms with Gasteiger partial charge >= 0.3 is 0 Å². The summed E-state index contributed by atoms with van der Waals surface area (Å²) in [5.74, 6) is 1.67. The Kier molecular flexibility index (Phi) is 9.22. The Balaban J connectivity index is 1.74. The van der Waals surface area contributed by atoms with Gasteiger partial charge in [0.1, 0.15) is 6.61 Å². The first-order valence-corrected chi connectivity index (χ1v) is 11.5. The molecule has 0 aliphatic heterocycles. The molecule has 1 amide bonds. The van der Waals surface area contributed by atoms with Crippen LogP contribution < -0.4 is 29.1 Å². The zero-order valence-electron chi connectivity index (χ0n) is 19.6. The summed E-state index contributed by atoms with van der Waals surface area (Å²) in [6.07, 6.45) is 1.49. The van der Waals surface area contributed by atoms with Gasteiger partial charge in [0.05, 0.1) is 39.1 Å². The molecular formula is C25H24BrClN2O6. The van der Waals surface area contributed by atoms with Gasteiger partial charge in [-0.15, -0.1) is 0 Å². The van der Waals surface area contributed by atoms with Gasteiger partial charge in [0.2, 0.25) is 5.75 Å². The Hall–Kier alpha value is -3.43. The molecule has 0 aliphatic rings. The number of nitrogens with one attached hydrogen (secondary N) is 1. The van der Waals surface area contributed by atoms with Crippen molar-refractivity contribution in [3.63, 3.8) is 0 Å². The Morgan fingerprint density at radius 2 is 1.57 bits per heavy atom. The van der Waals surface area contributed by atoms with E-state index in [9.17, 15) is 4.79 Å². The number of amides is 1. The molecule has 3 aromatic carbocycles. The molecule has 184 valence electrons. The molecule has 0 spiro atoms. The maximum Gasteiger partial charge on any atom is 0.271 e. The fourth-order valence-corrected chi connectivity index (χ4v) is 3.93. The van der Waals surface area contributed by atoms with Gasteiger partial charge in [-0.2, -0.15) is 5.10 Å². The van der Waals surface area contributed by atoms with Crippen LogP contribution in [-0.2, 0) is 6.61 Å². The van der Waals surface area contributed by atoms with Crippen molar-refractivity contribution in [2.75, 3.05) is 28.4 Å². The quantitative estimate of drug-likeness (QED) is 0.260. The van der Waals surface area contributed by atoms with E-state index in [2.05, 4.69) is 26.5 Å². The molecule has 0 atom stereocenters. The number of nitrogens with zero attached hydrogens (tertiary/aromatic N) is 1. The van der Waals surface area contributed by atoms with Crippen molar-refractivity contribution in [1.29, 1.82) is 0 Å². The van der Waals surface area contributed by atoms with Crippen molar-refractivity contribution in [3.05, 3.63) is 74.7 Å². The van der Waals surface area contributed by atoms with E-state index in [1.54, 1.807) is 18.2 Å². The minimum Gasteiger partial charge on any atom is -0.493 e. The lowest BCUT2D eigenvalue weighted by atomic mass is 10.1. The van der Waals surface area contributed by atoms with E-state index < -0.39 is 5.91 Å². The SMILES string of the molecule is COc1cc(C=NNC(=O)c2cc(OC)c(OC)c(OC)c2)cc(Br)c1OCc1ccccc1Cl. The molecule has 0 saturated heterocycles. The van der Waals surface area contributed by atoms with Gasteiger partial charge in [0.25, 0.3) is 5.91 Å². The highest BCUT2D eigenvalue weighted by Gasteiger charge is 2.17. The van der Waals surface area contributed by atoms with Crippen LogP contribution in [0.25, 0.3) is 0 Å². The van der Waals surface area contributed by atoms with Crippen molar-refractivity contribution in [3.8, 4) is 28.7 Å². The molecule has 8 nitrogen and oxygen atoms in total. The molecule has 0 saturated carbocycles. The maximum absolute atomic E-state index is 12.6. The van der Waals surface area contributed by atoms with Gasteiger partial charge in [-0.3, -0.25) is 4.79 Å². The molecule has 0 bridgehead atoms. The third-order valence-corrected chi connectivity index (χ3v) is 5.85. The van der Waals surface area contributed by atoms with Crippen molar-refractivity contribution in [2.45, 2.75) is 6.61 Å². The van der Waals surface area contributed by atoms with E-state index in [0.717, 1.165) is 5.56 Å². The second-order valence-electron chi connectivity index (χ2n) is 7.03. The smallest absolute Gasteiger partial charge is 0.271 e. The van der Waals surface area contributed by atoms with Crippen LogP contribution in [0.15, 0.2) is 58.1 Å². The number of halogens is 2. The number of rotatable bonds is 10. The first-order chi connectivity index (χ1) is 16.9. The summed E-state index contributed by atoms with van der Waals surface area (Å²) in [5, 5.41) is 4.67. The lowest BCUT2D eigenvalue weighted by molar-refractivity contribution is 0.0954. The summed E-state index contributed by atoms with van der Waals surface area (Å²) in [4.78, 5) is 12.6. The molecule has 3 aromatic rings. The topological polar surface area (TPSA) is 87.6 Å². The third-order valence-electron chi connectivity index (χ3n) is 4.89. The Labute approximate surface area is 216 Å². The molecule has 35 heavy (non-hydrogen) atoms. The van der Waals surface area contributed by atoms with Crippen LogP contribution in [0.1, 0.15) is 21.5 Å². The third kappa shape index (κ3) is 6.37. The highest BCUT2D eigenvalue weighted by Crippen LogP contribution is 2.38. The molecule has 0 unspecified atom stereocenters. The molecule has 3 rings (SSSR count). The predicted molar refractivity (Wildman–Crippen MR) is 138 cm³/mol. The largest absolute Gasteiger partial charge is 0.493 e. The van der Waals surface area contributed by atoms with Crippen molar-refractivity contribution in [2.24, 2.45) is 5.10 Å². The monoisotopic (exact) mass is 562 g/mol. The zero-order chi connectivity index (χ0) is 25.4. The minimum atomic E-state index is -0.453. The highest BCUT2D eigenvalue weighted by molar-refractivity contribution is 9.10. The lowest BCUT2D eigenvalue weighted by Crippen LogP contribution is -2.18. The number of carbonyl (C=O) groups excluding carboxylic acids is 1. The van der Waals surface area contributed by atoms with Gasteiger partial charge in [0.15, 0.2) is 23.0 Å². The minimum absolute atomic E-state index is 0.271. The molecule has 0 radical (unpaired) electrons. The average molecular weight is 564 g/mol. The number of hydrazone groups is 1. The van der Waals surface area contributed by atoms with Gasteiger partial charge < -0.3 is 23.7 Å². The second kappa shape index (κ2) is 12.3. The van der Waals surface area contributed by atoms with E-state index in [0.29, 0.717) is 49.4 Å². The summed E-state index contributed by atoms with van der Waals surface area (Å²) in [5.41, 5.74) is 4.30. The van der Waals surface area contributed by atoms with Gasteiger partial charge in [-0.25, -0.2) is 5.43 Å². The number of ether oxygens (including phenoxy) is 5. The normalized spacial score (nSPS) is 10.7. The maximum atomic E-state index is 12.6. The first-order valence-electron chi connectivity index (χ1n) is 10.3. The van der Waals surface area contributed by atoms with Gasteiger partial charge in [-0.05, 0) is 51.8 Å². The van der Waals surface area contributed by atoms with Gasteiger partial charge in [0, 0.05) is 16.1 Å². The summed E-state index contributed by atoms with van der Waals surface area (Å²) >= 11 is 9.72. The Morgan fingerprint density at radius 3 is 2.17 bits per heavy atom. The summed E-state index contributed by atoms with van der Waals surface area (Å²) in [6.45, 7) is 0.271. The summed E-state index contributed by atoms with van der Waals surface area (Å²) in [6, 6.07) is 14.0. The fraction of sp³-hybridized carbons (Fsp3) is 0.200. The Morgan fingerprint density at radius 1 is 0.943 bits per heavy atom. The van der Waals surface area contributed by atoms with Crippen LogP contribution >= 0.6 is 27.5 Å². The molecule has 0 fully saturated rings. The summed E-state index contributed by atoms with van der Waals surface area (Å²) < 4.78 is 27.9. The summed E-state index contributed by atoms with van der Waals surface area (Å²) in [7, 11) is 5.98. The first kappa shape index (κ1) is 26.2. The fourth-order valence-electron chi connectivity index (χ4n) is 3.16. The van der Waals surface area contributed by atoms with E-state index in [1.807, 2.05) is 18.2 Å². The van der Waals surface area contributed by atoms with E-state index >= 15 is 0 Å². The van der Waals surface area contributed by atoms with E-state index in [1.165, 1.54) is 46.8 Å². The predicted octanol–water partition coefficient (Wildman–Crippen LogP) is 5.48. The number of methoxy groups -OCH3 is 4. The number of hydrogen-bond acceptors (Lipinski definition) is 7. The lowest BCUT2D eigenvalue weighted by Gasteiger charge is -2.14. The Bertz CT molecular complexity index is 1210. The molecule has 0 heterocycles. The molecule has 0 aromatic heterocycles. The van der Waals surface area contributed by atoms with Crippen LogP contribution in [0.5, 0.6) is 28.7 Å². The van der Waals surface area contributed by atoms with E-state index in [-0.39, 0.29) is 6.61 Å². The average Bonchev–Trinajstić information content (AvgIpc) is 2.87. The zero-order valence-corrected chi connectivity index (χ0v) is 21.9. The molecular weight excluding hydrogens is 540 g/mol. The van der Waals surface area contributed by atoms with Crippen LogP contribution in [-0.4, -0.2) is 40.6 Å². The van der Waals surface area contributed by atoms with Crippen LogP contribution in [0.4, 0.5) is 0 Å². The standard InChI is InChI=1S/C25H24BrClN2O6/c1-31-20-10-15(9-18(26)23(20)35-14-16-7-5-6-8-19(16)27)13-28-29-25(30)17-11-21(32-2)24(34-4)22(12-17)33-3/h5-13H,14H2,1-4H3,(H,29,30). The number of carbonyl (C=O) groups is 1. The molecule has 10 heteroatoms. The molecule has 0 aliphatic carbocycles. The highest BCUT2D eigenvalue weighted by atomic mass is 79.9. The van der Waals surface area contributed by atoms with Crippen LogP contribution in [0, 0.1) is 0 Å². The molecule has 1 N–H and O–H groups in total. The van der Waals surface area contributed by atoms with Crippen molar-refractivity contribution in [1.82, 2.24) is 5.43 Å². The van der Waals surface area contributed by atoms with Gasteiger partial charge in [-0.1, -0.05) is 29.8 Å². The number of benzene rings is 3. The van der Waals surface area contributed by atoms with Crippen LogP contribution in [0.2, 0.25) is 5.02 Å².